The molecule has 0 aromatic carbocycles. The van der Waals surface area contributed by atoms with E-state index in [0.29, 0.717) is 0 Å². The van der Waals surface area contributed by atoms with Gasteiger partial charge >= 0.3 is 0 Å². The van der Waals surface area contributed by atoms with Crippen molar-refractivity contribution >= 4 is 6.08 Å². The molecule has 0 aliphatic rings. The average molecular weight is 149 g/mol. The fourth-order valence-electron chi connectivity index (χ4n) is 0.712. The second kappa shape index (κ2) is 3.88. The van der Waals surface area contributed by atoms with Crippen LogP contribution in [-0.2, 0) is 0 Å². The van der Waals surface area contributed by atoms with Crippen molar-refractivity contribution in [2.24, 2.45) is 0 Å². The Balaban J connectivity index is 2.65. The van der Waals surface area contributed by atoms with E-state index in [1.165, 1.54) is 0 Å². The fraction of sp³-hybridized carbons (Fsp3) is 0.222. The van der Waals surface area contributed by atoms with E-state index >= 15 is 0 Å². The zero-order valence-corrected chi connectivity index (χ0v) is 6.44. The van der Waals surface area contributed by atoms with Crippen molar-refractivity contribution in [3.8, 4) is 0 Å². The molecule has 2 heteroatoms. The minimum atomic E-state index is -0.406. The van der Waals surface area contributed by atoms with Gasteiger partial charge in [0.15, 0.2) is 0 Å². The van der Waals surface area contributed by atoms with Gasteiger partial charge < -0.3 is 5.11 Å². The largest absolute Gasteiger partial charge is 0.389 e. The first kappa shape index (κ1) is 7.95. The van der Waals surface area contributed by atoms with Crippen LogP contribution in [0, 0.1) is 0 Å². The summed E-state index contributed by atoms with van der Waals surface area (Å²) in [5, 5.41) is 8.90. The van der Waals surface area contributed by atoms with Crippen molar-refractivity contribution in [1.29, 1.82) is 0 Å². The van der Waals surface area contributed by atoms with E-state index in [9.17, 15) is 0 Å². The molecule has 0 saturated heterocycles. The maximum atomic E-state index is 8.90. The van der Waals surface area contributed by atoms with Gasteiger partial charge in [-0.05, 0) is 25.1 Å². The predicted octanol–water partition coefficient (Wildman–Crippen LogP) is 1.48. The molecule has 1 rings (SSSR count). The Hall–Kier alpha value is -1.15. The number of hydrogen-bond donors (Lipinski definition) is 1. The van der Waals surface area contributed by atoms with Gasteiger partial charge in [-0.25, -0.2) is 0 Å². The quantitative estimate of drug-likeness (QED) is 0.690. The van der Waals surface area contributed by atoms with Crippen LogP contribution in [0.2, 0.25) is 0 Å². The number of pyridine rings is 1. The van der Waals surface area contributed by atoms with Crippen LogP contribution in [0.3, 0.4) is 0 Å². The molecule has 0 spiro atoms. The van der Waals surface area contributed by atoms with E-state index < -0.39 is 6.10 Å². The predicted molar refractivity (Wildman–Crippen MR) is 45.0 cm³/mol. The summed E-state index contributed by atoms with van der Waals surface area (Å²) in [6.07, 6.45) is 4.81. The molecule has 1 aromatic rings. The molecule has 58 valence electrons. The average Bonchev–Trinajstić information content (AvgIpc) is 2.03. The highest BCUT2D eigenvalue weighted by Crippen LogP contribution is 1.97. The summed E-state index contributed by atoms with van der Waals surface area (Å²) in [6.45, 7) is 1.71. The molecule has 1 atom stereocenters. The maximum Gasteiger partial charge on any atom is 0.0696 e. The van der Waals surface area contributed by atoms with Gasteiger partial charge in [-0.2, -0.15) is 0 Å². The molecule has 0 fully saturated rings. The standard InChI is InChI=1S/C9H11NO/c1-8(11)5-6-9-4-2-3-7-10-9/h2-8,11H,1H3. The lowest BCUT2D eigenvalue weighted by molar-refractivity contribution is 0.245. The van der Waals surface area contributed by atoms with Gasteiger partial charge in [-0.3, -0.25) is 4.98 Å². The van der Waals surface area contributed by atoms with Crippen LogP contribution in [0.25, 0.3) is 6.08 Å². The number of hydrogen-bond acceptors (Lipinski definition) is 2. The minimum Gasteiger partial charge on any atom is -0.389 e. The third-order valence-electron chi connectivity index (χ3n) is 1.23. The van der Waals surface area contributed by atoms with Crippen molar-refractivity contribution in [3.63, 3.8) is 0 Å². The molecular formula is C9H11NO. The van der Waals surface area contributed by atoms with Crippen LogP contribution in [0.5, 0.6) is 0 Å². The van der Waals surface area contributed by atoms with Crippen molar-refractivity contribution in [1.82, 2.24) is 4.98 Å². The summed E-state index contributed by atoms with van der Waals surface area (Å²) in [4.78, 5) is 4.05. The molecule has 0 saturated carbocycles. The van der Waals surface area contributed by atoms with E-state index in [1.54, 1.807) is 25.3 Å². The molecule has 1 aromatic heterocycles. The minimum absolute atomic E-state index is 0.406. The van der Waals surface area contributed by atoms with Gasteiger partial charge in [-0.1, -0.05) is 12.1 Å². The van der Waals surface area contributed by atoms with Crippen LogP contribution >= 0.6 is 0 Å². The topological polar surface area (TPSA) is 33.1 Å². The third-order valence-corrected chi connectivity index (χ3v) is 1.23. The van der Waals surface area contributed by atoms with Crippen LogP contribution in [0.4, 0.5) is 0 Å². The van der Waals surface area contributed by atoms with Crippen molar-refractivity contribution in [2.45, 2.75) is 13.0 Å². The first-order valence-electron chi connectivity index (χ1n) is 3.56. The zero-order valence-electron chi connectivity index (χ0n) is 6.44. The van der Waals surface area contributed by atoms with Gasteiger partial charge in [-0.15, -0.1) is 0 Å². The highest BCUT2D eigenvalue weighted by atomic mass is 16.3. The number of aliphatic hydroxyl groups excluding tert-OH is 1. The highest BCUT2D eigenvalue weighted by Gasteiger charge is 1.86. The van der Waals surface area contributed by atoms with Crippen LogP contribution < -0.4 is 0 Å². The Bertz CT molecular complexity index is 229. The van der Waals surface area contributed by atoms with Crippen molar-refractivity contribution in [2.75, 3.05) is 0 Å². The van der Waals surface area contributed by atoms with Crippen molar-refractivity contribution < 1.29 is 5.11 Å². The van der Waals surface area contributed by atoms with E-state index in [4.69, 9.17) is 5.11 Å². The van der Waals surface area contributed by atoms with Crippen LogP contribution in [0.15, 0.2) is 30.5 Å². The molecule has 2 nitrogen and oxygen atoms in total. The Morgan fingerprint density at radius 1 is 1.55 bits per heavy atom. The van der Waals surface area contributed by atoms with Gasteiger partial charge in [0.2, 0.25) is 0 Å². The van der Waals surface area contributed by atoms with E-state index in [1.807, 2.05) is 18.2 Å². The molecule has 1 heterocycles. The molecule has 11 heavy (non-hydrogen) atoms. The fourth-order valence-corrected chi connectivity index (χ4v) is 0.712. The highest BCUT2D eigenvalue weighted by molar-refractivity contribution is 5.44. The Labute approximate surface area is 66.2 Å². The van der Waals surface area contributed by atoms with Gasteiger partial charge in [0.05, 0.1) is 11.8 Å². The normalized spacial score (nSPS) is 13.6. The van der Waals surface area contributed by atoms with E-state index in [-0.39, 0.29) is 0 Å². The zero-order chi connectivity index (χ0) is 8.10. The lowest BCUT2D eigenvalue weighted by atomic mass is 10.3. The molecule has 0 aliphatic carbocycles. The smallest absolute Gasteiger partial charge is 0.0696 e. The SMILES string of the molecule is CC(O)C=Cc1ccccn1. The number of nitrogens with zero attached hydrogens (tertiary/aromatic N) is 1. The summed E-state index contributed by atoms with van der Waals surface area (Å²) in [5.74, 6) is 0. The first-order valence-corrected chi connectivity index (χ1v) is 3.56. The molecule has 1 N–H and O–H groups in total. The van der Waals surface area contributed by atoms with E-state index in [2.05, 4.69) is 4.98 Å². The summed E-state index contributed by atoms with van der Waals surface area (Å²) < 4.78 is 0. The number of aliphatic hydroxyl groups is 1. The Morgan fingerprint density at radius 2 is 2.36 bits per heavy atom. The first-order chi connectivity index (χ1) is 5.29. The molecular weight excluding hydrogens is 138 g/mol. The van der Waals surface area contributed by atoms with Crippen LogP contribution in [0.1, 0.15) is 12.6 Å². The Kier molecular flexibility index (Phi) is 2.81. The second-order valence-corrected chi connectivity index (χ2v) is 2.35. The number of aromatic nitrogens is 1. The summed E-state index contributed by atoms with van der Waals surface area (Å²) in [5.41, 5.74) is 0.869. The monoisotopic (exact) mass is 149 g/mol. The second-order valence-electron chi connectivity index (χ2n) is 2.35. The summed E-state index contributed by atoms with van der Waals surface area (Å²) in [7, 11) is 0. The lowest BCUT2D eigenvalue weighted by Crippen LogP contribution is -1.91. The third kappa shape index (κ3) is 2.96. The summed E-state index contributed by atoms with van der Waals surface area (Å²) in [6, 6.07) is 5.66. The van der Waals surface area contributed by atoms with Crippen molar-refractivity contribution in [3.05, 3.63) is 36.2 Å². The maximum absolute atomic E-state index is 8.90. The number of rotatable bonds is 2. The molecule has 0 bridgehead atoms. The van der Waals surface area contributed by atoms with Gasteiger partial charge in [0, 0.05) is 6.20 Å². The van der Waals surface area contributed by atoms with Gasteiger partial charge in [0.25, 0.3) is 0 Å². The molecule has 0 radical (unpaired) electrons. The molecule has 0 aliphatic heterocycles. The Morgan fingerprint density at radius 3 is 2.91 bits per heavy atom. The van der Waals surface area contributed by atoms with Gasteiger partial charge in [0.1, 0.15) is 0 Å². The molecule has 1 unspecified atom stereocenters. The van der Waals surface area contributed by atoms with Crippen LogP contribution in [-0.4, -0.2) is 16.2 Å². The van der Waals surface area contributed by atoms with E-state index in [0.717, 1.165) is 5.69 Å². The molecule has 0 amide bonds. The lowest BCUT2D eigenvalue weighted by Gasteiger charge is -1.93. The summed E-state index contributed by atoms with van der Waals surface area (Å²) >= 11 is 0.